The molecule has 5 heteroatoms. The van der Waals surface area contributed by atoms with Gasteiger partial charge in [0.2, 0.25) is 5.91 Å². The molecule has 1 saturated carbocycles. The third-order valence-corrected chi connectivity index (χ3v) is 3.47. The van der Waals surface area contributed by atoms with Gasteiger partial charge in [0.15, 0.2) is 0 Å². The fraction of sp³-hybridized carbons (Fsp3) is 0.909. The fourth-order valence-corrected chi connectivity index (χ4v) is 2.44. The quantitative estimate of drug-likeness (QED) is 0.495. The summed E-state index contributed by atoms with van der Waals surface area (Å²) >= 11 is 0. The average molecular weight is 228 g/mol. The maximum atomic E-state index is 11.8. The summed E-state index contributed by atoms with van der Waals surface area (Å²) in [6.07, 6.45) is 3.14. The Hall–Kier alpha value is -0.650. The van der Waals surface area contributed by atoms with Crippen LogP contribution < -0.4 is 10.6 Å². The van der Waals surface area contributed by atoms with Crippen molar-refractivity contribution in [2.45, 2.75) is 56.4 Å². The third kappa shape index (κ3) is 2.93. The Morgan fingerprint density at radius 3 is 2.38 bits per heavy atom. The summed E-state index contributed by atoms with van der Waals surface area (Å²) in [5.74, 6) is -0.0158. The van der Waals surface area contributed by atoms with E-state index in [2.05, 4.69) is 10.6 Å². The third-order valence-electron chi connectivity index (χ3n) is 3.47. The molecule has 1 aliphatic carbocycles. The van der Waals surface area contributed by atoms with Crippen molar-refractivity contribution in [3.8, 4) is 0 Å². The van der Waals surface area contributed by atoms with Crippen LogP contribution in [0.25, 0.3) is 0 Å². The van der Waals surface area contributed by atoms with Crippen molar-refractivity contribution in [2.75, 3.05) is 6.54 Å². The second-order valence-corrected chi connectivity index (χ2v) is 4.86. The maximum absolute atomic E-state index is 11.8. The van der Waals surface area contributed by atoms with E-state index in [9.17, 15) is 15.0 Å². The number of rotatable bonds is 2. The van der Waals surface area contributed by atoms with Crippen LogP contribution in [-0.2, 0) is 4.79 Å². The molecule has 1 amide bonds. The van der Waals surface area contributed by atoms with Crippen LogP contribution in [0, 0.1) is 0 Å². The van der Waals surface area contributed by atoms with Crippen molar-refractivity contribution in [1.82, 2.24) is 10.6 Å². The Balaban J connectivity index is 1.75. The van der Waals surface area contributed by atoms with Crippen LogP contribution in [0.4, 0.5) is 0 Å². The molecule has 0 radical (unpaired) electrons. The van der Waals surface area contributed by atoms with E-state index in [1.165, 1.54) is 0 Å². The van der Waals surface area contributed by atoms with Gasteiger partial charge in [-0.3, -0.25) is 4.79 Å². The van der Waals surface area contributed by atoms with Gasteiger partial charge in [-0.15, -0.1) is 0 Å². The highest BCUT2D eigenvalue weighted by Gasteiger charge is 2.30. The summed E-state index contributed by atoms with van der Waals surface area (Å²) in [4.78, 5) is 11.8. The van der Waals surface area contributed by atoms with Crippen molar-refractivity contribution in [3.05, 3.63) is 0 Å². The number of hydrogen-bond acceptors (Lipinski definition) is 4. The zero-order valence-electron chi connectivity index (χ0n) is 9.35. The summed E-state index contributed by atoms with van der Waals surface area (Å²) in [5.41, 5.74) is 0. The molecule has 0 aromatic carbocycles. The van der Waals surface area contributed by atoms with Crippen molar-refractivity contribution in [3.63, 3.8) is 0 Å². The second kappa shape index (κ2) is 5.12. The molecular formula is C11H20N2O3. The lowest BCUT2D eigenvalue weighted by Crippen LogP contribution is -2.46. The van der Waals surface area contributed by atoms with Crippen molar-refractivity contribution in [2.24, 2.45) is 0 Å². The second-order valence-electron chi connectivity index (χ2n) is 4.86. The zero-order chi connectivity index (χ0) is 11.5. The molecule has 5 nitrogen and oxygen atoms in total. The molecule has 0 aromatic heterocycles. The lowest BCUT2D eigenvalue weighted by atomic mass is 9.93. The zero-order valence-corrected chi connectivity index (χ0v) is 9.35. The fourth-order valence-electron chi connectivity index (χ4n) is 2.44. The topological polar surface area (TPSA) is 81.6 Å². The summed E-state index contributed by atoms with van der Waals surface area (Å²) in [7, 11) is 0. The van der Waals surface area contributed by atoms with Gasteiger partial charge in [0.25, 0.3) is 0 Å². The van der Waals surface area contributed by atoms with E-state index < -0.39 is 6.10 Å². The van der Waals surface area contributed by atoms with E-state index in [0.717, 1.165) is 25.7 Å². The Kier molecular flexibility index (Phi) is 3.78. The first-order valence-electron chi connectivity index (χ1n) is 6.05. The number of β-amino-alcohol motifs (C(OH)–C–C–N with tert-alkyl or cyclic N) is 1. The number of amides is 1. The summed E-state index contributed by atoms with van der Waals surface area (Å²) < 4.78 is 0. The molecule has 1 heterocycles. The standard InChI is InChI=1S/C11H20N2O3/c14-8-3-1-7(2-4-8)13-11(16)10-5-9(15)6-12-10/h7-10,12,14-15H,1-6H2,(H,13,16). The van der Waals surface area contributed by atoms with Crippen LogP contribution in [0.2, 0.25) is 0 Å². The van der Waals surface area contributed by atoms with Crippen molar-refractivity contribution < 1.29 is 15.0 Å². The monoisotopic (exact) mass is 228 g/mol. The molecule has 1 aliphatic heterocycles. The SMILES string of the molecule is O=C(NC1CCC(O)CC1)C1CC(O)CN1. The van der Waals surface area contributed by atoms with Gasteiger partial charge in [-0.1, -0.05) is 0 Å². The minimum atomic E-state index is -0.399. The van der Waals surface area contributed by atoms with Gasteiger partial charge in [0.05, 0.1) is 18.2 Å². The minimum absolute atomic E-state index is 0.0158. The molecule has 2 aliphatic rings. The molecule has 2 rings (SSSR count). The van der Waals surface area contributed by atoms with Crippen LogP contribution in [0.1, 0.15) is 32.1 Å². The molecule has 1 saturated heterocycles. The highest BCUT2D eigenvalue weighted by atomic mass is 16.3. The highest BCUT2D eigenvalue weighted by Crippen LogP contribution is 2.18. The first-order valence-corrected chi connectivity index (χ1v) is 6.05. The number of carbonyl (C=O) groups is 1. The predicted molar refractivity (Wildman–Crippen MR) is 58.8 cm³/mol. The Morgan fingerprint density at radius 2 is 1.81 bits per heavy atom. The molecule has 4 N–H and O–H groups in total. The van der Waals surface area contributed by atoms with E-state index in [1.54, 1.807) is 0 Å². The van der Waals surface area contributed by atoms with E-state index in [-0.39, 0.29) is 24.1 Å². The molecular weight excluding hydrogens is 208 g/mol. The smallest absolute Gasteiger partial charge is 0.237 e. The molecule has 2 atom stereocenters. The van der Waals surface area contributed by atoms with Crippen molar-refractivity contribution in [1.29, 1.82) is 0 Å². The Bertz CT molecular complexity index is 252. The summed E-state index contributed by atoms with van der Waals surface area (Å²) in [5, 5.41) is 24.6. The normalized spacial score (nSPS) is 39.6. The molecule has 0 bridgehead atoms. The van der Waals surface area contributed by atoms with E-state index in [1.807, 2.05) is 0 Å². The number of hydrogen-bond donors (Lipinski definition) is 4. The highest BCUT2D eigenvalue weighted by molar-refractivity contribution is 5.82. The van der Waals surface area contributed by atoms with Gasteiger partial charge in [0, 0.05) is 12.6 Å². The lowest BCUT2D eigenvalue weighted by molar-refractivity contribution is -0.124. The van der Waals surface area contributed by atoms with Gasteiger partial charge in [-0.25, -0.2) is 0 Å². The molecule has 92 valence electrons. The van der Waals surface area contributed by atoms with E-state index in [4.69, 9.17) is 0 Å². The van der Waals surface area contributed by atoms with Gasteiger partial charge >= 0.3 is 0 Å². The van der Waals surface area contributed by atoms with Crippen LogP contribution >= 0.6 is 0 Å². The van der Waals surface area contributed by atoms with Crippen LogP contribution in [0.5, 0.6) is 0 Å². The molecule has 0 aromatic rings. The van der Waals surface area contributed by atoms with Crippen LogP contribution in [-0.4, -0.2) is 47.0 Å². The Labute approximate surface area is 95.2 Å². The van der Waals surface area contributed by atoms with Gasteiger partial charge in [0.1, 0.15) is 0 Å². The van der Waals surface area contributed by atoms with Gasteiger partial charge in [-0.05, 0) is 32.1 Å². The summed E-state index contributed by atoms with van der Waals surface area (Å²) in [6, 6.07) is -0.0581. The first-order chi connectivity index (χ1) is 7.65. The number of nitrogens with one attached hydrogen (secondary N) is 2. The van der Waals surface area contributed by atoms with E-state index in [0.29, 0.717) is 13.0 Å². The number of carbonyl (C=O) groups excluding carboxylic acids is 1. The lowest BCUT2D eigenvalue weighted by Gasteiger charge is -2.27. The number of aliphatic hydroxyl groups is 2. The molecule has 2 fully saturated rings. The summed E-state index contributed by atoms with van der Waals surface area (Å²) in [6.45, 7) is 0.501. The van der Waals surface area contributed by atoms with Gasteiger partial charge in [-0.2, -0.15) is 0 Å². The van der Waals surface area contributed by atoms with Crippen molar-refractivity contribution >= 4 is 5.91 Å². The molecule has 16 heavy (non-hydrogen) atoms. The molecule has 2 unspecified atom stereocenters. The van der Waals surface area contributed by atoms with Gasteiger partial charge < -0.3 is 20.8 Å². The first kappa shape index (κ1) is 11.8. The van der Waals surface area contributed by atoms with E-state index >= 15 is 0 Å². The minimum Gasteiger partial charge on any atom is -0.393 e. The van der Waals surface area contributed by atoms with Crippen LogP contribution in [0.15, 0.2) is 0 Å². The van der Waals surface area contributed by atoms with Crippen LogP contribution in [0.3, 0.4) is 0 Å². The Morgan fingerprint density at radius 1 is 1.12 bits per heavy atom. The predicted octanol–water partition coefficient (Wildman–Crippen LogP) is -0.871. The number of aliphatic hydroxyl groups excluding tert-OH is 2. The maximum Gasteiger partial charge on any atom is 0.237 e. The average Bonchev–Trinajstić information content (AvgIpc) is 2.68. The largest absolute Gasteiger partial charge is 0.393 e. The molecule has 0 spiro atoms.